The number of aryl methyl sites for hydroxylation is 1. The molecule has 3 aromatic heterocycles. The molecule has 4 heterocycles. The lowest BCUT2D eigenvalue weighted by Gasteiger charge is -2.21. The van der Waals surface area contributed by atoms with E-state index in [0.29, 0.717) is 29.8 Å². The Morgan fingerprint density at radius 3 is 2.65 bits per heavy atom. The second kappa shape index (κ2) is 11.3. The van der Waals surface area contributed by atoms with Crippen LogP contribution >= 0.6 is 0 Å². The molecule has 0 spiro atoms. The average Bonchev–Trinajstić information content (AvgIpc) is 3.37. The van der Waals surface area contributed by atoms with Crippen LogP contribution in [0.3, 0.4) is 0 Å². The molecule has 2 aliphatic rings. The van der Waals surface area contributed by atoms with E-state index in [1.807, 2.05) is 0 Å². The smallest absolute Gasteiger partial charge is 0.369 e. The third-order valence-corrected chi connectivity index (χ3v) is 8.68. The molecule has 4 atom stereocenters. The summed E-state index contributed by atoms with van der Waals surface area (Å²) in [5.41, 5.74) is 3.72. The molecule has 1 saturated carbocycles. The van der Waals surface area contributed by atoms with E-state index in [2.05, 4.69) is 31.0 Å². The zero-order valence-corrected chi connectivity index (χ0v) is 24.5. The summed E-state index contributed by atoms with van der Waals surface area (Å²) in [6.07, 6.45) is -2.74. The number of hydrogen-bond acceptors (Lipinski definition) is 7. The van der Waals surface area contributed by atoms with Gasteiger partial charge in [0.1, 0.15) is 12.4 Å². The van der Waals surface area contributed by atoms with Crippen LogP contribution in [0, 0.1) is 30.0 Å². The molecule has 1 aromatic carbocycles. The van der Waals surface area contributed by atoms with Crippen molar-refractivity contribution >= 4 is 29.0 Å². The minimum absolute atomic E-state index is 0.0549. The van der Waals surface area contributed by atoms with Gasteiger partial charge in [0.25, 0.3) is 12.3 Å². The van der Waals surface area contributed by atoms with E-state index >= 15 is 4.39 Å². The second-order valence-electron chi connectivity index (χ2n) is 11.8. The number of alkyl halides is 5. The Morgan fingerprint density at radius 1 is 1.24 bits per heavy atom. The fourth-order valence-corrected chi connectivity index (χ4v) is 6.85. The molecule has 17 heteroatoms. The van der Waals surface area contributed by atoms with Crippen LogP contribution in [0.15, 0.2) is 36.9 Å². The first-order chi connectivity index (χ1) is 21.7. The maximum atomic E-state index is 15.4. The minimum Gasteiger partial charge on any atom is -0.369 e. The lowest BCUT2D eigenvalue weighted by molar-refractivity contribution is -0.141. The summed E-state index contributed by atoms with van der Waals surface area (Å²) in [7, 11) is 0. The molecular weight excluding hydrogens is 620 g/mol. The van der Waals surface area contributed by atoms with E-state index in [0.717, 1.165) is 18.5 Å². The standard InChI is InChI=1S/C29H29F6N9O2/c1-13-5-15(6-18(30)21(13)27(46)40-14(2)7-28-12-37-8-17(28)22(28)24(36)45)41-25-26-39-9-19(44(26)4-3-38-25)16-10-43(11-20(31)32)42-23(16)29(33,34)35/h3-6,9-10,14,17,20,22,37H,7-8,11-12H2,1-2H3,(H2,36,45)(H,38,41)(H,40,46)/t14-,17?,22?,28?/m1/s1. The Bertz CT molecular complexity index is 1810. The molecule has 3 unspecified atom stereocenters. The van der Waals surface area contributed by atoms with Crippen molar-refractivity contribution in [1.82, 2.24) is 34.8 Å². The summed E-state index contributed by atoms with van der Waals surface area (Å²) in [4.78, 5) is 33.3. The molecular formula is C29H29F6N9O2. The van der Waals surface area contributed by atoms with Crippen molar-refractivity contribution in [3.63, 3.8) is 0 Å². The third kappa shape index (κ3) is 5.52. The number of primary amides is 1. The number of fused-ring (bicyclic) bond motifs is 2. The maximum absolute atomic E-state index is 15.4. The van der Waals surface area contributed by atoms with Gasteiger partial charge in [-0.25, -0.2) is 23.1 Å². The van der Waals surface area contributed by atoms with Crippen molar-refractivity contribution in [3.05, 3.63) is 59.6 Å². The Kier molecular flexibility index (Phi) is 7.69. The van der Waals surface area contributed by atoms with Crippen LogP contribution in [-0.4, -0.2) is 61.5 Å². The Morgan fingerprint density at radius 2 is 2.00 bits per heavy atom. The molecule has 0 radical (unpaired) electrons. The highest BCUT2D eigenvalue weighted by Crippen LogP contribution is 2.63. The molecule has 5 N–H and O–H groups in total. The Hall–Kier alpha value is -4.67. The molecule has 2 fully saturated rings. The summed E-state index contributed by atoms with van der Waals surface area (Å²) < 4.78 is 84.2. The molecule has 1 saturated heterocycles. The second-order valence-corrected chi connectivity index (χ2v) is 11.8. The molecule has 4 aromatic rings. The van der Waals surface area contributed by atoms with Crippen molar-refractivity contribution in [1.29, 1.82) is 0 Å². The SMILES string of the molecule is Cc1cc(Nc2nccn3c(-c4cn(CC(F)F)nc4C(F)(F)F)cnc23)cc(F)c1C(=O)N[C@H](C)CC12CNCC1C2C(N)=O. The van der Waals surface area contributed by atoms with Gasteiger partial charge in [0.15, 0.2) is 17.2 Å². The number of carbonyl (C=O) groups is 2. The number of hydrogen-bond donors (Lipinski definition) is 4. The number of amides is 2. The van der Waals surface area contributed by atoms with Gasteiger partial charge in [0.2, 0.25) is 5.91 Å². The Balaban J connectivity index is 1.22. The van der Waals surface area contributed by atoms with Gasteiger partial charge < -0.3 is 21.7 Å². The van der Waals surface area contributed by atoms with Gasteiger partial charge in [0, 0.05) is 48.2 Å². The topological polar surface area (TPSA) is 144 Å². The molecule has 1 aliphatic heterocycles. The summed E-state index contributed by atoms with van der Waals surface area (Å²) in [5, 5.41) is 12.3. The number of nitrogens with zero attached hydrogens (tertiary/aromatic N) is 5. The molecule has 244 valence electrons. The van der Waals surface area contributed by atoms with E-state index in [1.54, 1.807) is 13.8 Å². The van der Waals surface area contributed by atoms with Crippen LogP contribution in [0.4, 0.5) is 37.8 Å². The molecule has 46 heavy (non-hydrogen) atoms. The maximum Gasteiger partial charge on any atom is 0.435 e. The van der Waals surface area contributed by atoms with Crippen LogP contribution in [0.25, 0.3) is 16.9 Å². The van der Waals surface area contributed by atoms with Gasteiger partial charge in [-0.05, 0) is 50.4 Å². The summed E-state index contributed by atoms with van der Waals surface area (Å²) in [5.74, 6) is -1.90. The van der Waals surface area contributed by atoms with Crippen LogP contribution in [-0.2, 0) is 17.5 Å². The average molecular weight is 650 g/mol. The first-order valence-corrected chi connectivity index (χ1v) is 14.3. The summed E-state index contributed by atoms with van der Waals surface area (Å²) >= 11 is 0. The van der Waals surface area contributed by atoms with Gasteiger partial charge >= 0.3 is 6.18 Å². The quantitative estimate of drug-likeness (QED) is 0.191. The number of imidazole rings is 1. The van der Waals surface area contributed by atoms with Crippen LogP contribution in [0.2, 0.25) is 0 Å². The lowest BCUT2D eigenvalue weighted by atomic mass is 9.94. The fraction of sp³-hybridized carbons (Fsp3) is 0.414. The van der Waals surface area contributed by atoms with E-state index in [4.69, 9.17) is 5.73 Å². The zero-order valence-electron chi connectivity index (χ0n) is 24.5. The van der Waals surface area contributed by atoms with Crippen molar-refractivity contribution in [3.8, 4) is 11.3 Å². The number of halogens is 6. The lowest BCUT2D eigenvalue weighted by Crippen LogP contribution is -2.38. The number of nitrogens with two attached hydrogens (primary N) is 1. The molecule has 1 aliphatic carbocycles. The predicted molar refractivity (Wildman–Crippen MR) is 153 cm³/mol. The monoisotopic (exact) mass is 649 g/mol. The number of aromatic nitrogens is 5. The van der Waals surface area contributed by atoms with E-state index in [-0.39, 0.29) is 57.6 Å². The first kappa shape index (κ1) is 31.3. The number of nitrogens with one attached hydrogen (secondary N) is 3. The van der Waals surface area contributed by atoms with Crippen molar-refractivity contribution in [2.45, 2.75) is 45.5 Å². The fourth-order valence-electron chi connectivity index (χ4n) is 6.85. The van der Waals surface area contributed by atoms with Crippen molar-refractivity contribution in [2.75, 3.05) is 18.4 Å². The van der Waals surface area contributed by atoms with Gasteiger partial charge in [-0.1, -0.05) is 0 Å². The summed E-state index contributed by atoms with van der Waals surface area (Å²) in [6.45, 7) is 3.60. The van der Waals surface area contributed by atoms with E-state index in [9.17, 15) is 31.5 Å². The summed E-state index contributed by atoms with van der Waals surface area (Å²) in [6, 6.07) is 2.22. The normalized spacial score (nSPS) is 21.4. The van der Waals surface area contributed by atoms with E-state index < -0.39 is 42.1 Å². The molecule has 11 nitrogen and oxygen atoms in total. The highest BCUT2D eigenvalue weighted by Gasteiger charge is 2.69. The van der Waals surface area contributed by atoms with Crippen LogP contribution < -0.4 is 21.7 Å². The van der Waals surface area contributed by atoms with Gasteiger partial charge in [0.05, 0.1) is 23.0 Å². The van der Waals surface area contributed by atoms with Gasteiger partial charge in [-0.15, -0.1) is 0 Å². The highest BCUT2D eigenvalue weighted by atomic mass is 19.4. The first-order valence-electron chi connectivity index (χ1n) is 14.3. The minimum atomic E-state index is -4.93. The number of carbonyl (C=O) groups excluding carboxylic acids is 2. The number of rotatable bonds is 10. The van der Waals surface area contributed by atoms with E-state index in [1.165, 1.54) is 22.9 Å². The molecule has 2 amide bonds. The van der Waals surface area contributed by atoms with Gasteiger partial charge in [-0.2, -0.15) is 18.3 Å². The number of anilines is 2. The Labute approximate surface area is 257 Å². The van der Waals surface area contributed by atoms with Gasteiger partial charge in [-0.3, -0.25) is 18.7 Å². The number of benzene rings is 1. The van der Waals surface area contributed by atoms with Crippen LogP contribution in [0.1, 0.15) is 35.0 Å². The predicted octanol–water partition coefficient (Wildman–Crippen LogP) is 3.90. The largest absolute Gasteiger partial charge is 0.435 e. The molecule has 0 bridgehead atoms. The zero-order chi connectivity index (χ0) is 33.1. The van der Waals surface area contributed by atoms with Crippen LogP contribution in [0.5, 0.6) is 0 Å². The number of piperidine rings is 1. The van der Waals surface area contributed by atoms with Crippen molar-refractivity contribution < 1.29 is 35.9 Å². The molecule has 6 rings (SSSR count). The third-order valence-electron chi connectivity index (χ3n) is 8.68. The van der Waals surface area contributed by atoms with Crippen molar-refractivity contribution in [2.24, 2.45) is 23.0 Å². The highest BCUT2D eigenvalue weighted by molar-refractivity contribution is 5.96.